The first-order chi connectivity index (χ1) is 9.46. The van der Waals surface area contributed by atoms with E-state index in [0.717, 1.165) is 17.7 Å². The fourth-order valence-electron chi connectivity index (χ4n) is 2.81. The Hall–Kier alpha value is -1.11. The minimum atomic E-state index is -3.45. The first-order valence-electron chi connectivity index (χ1n) is 6.87. The molecule has 1 aromatic rings. The van der Waals surface area contributed by atoms with Gasteiger partial charge in [-0.1, -0.05) is 0 Å². The average molecular weight is 297 g/mol. The molecule has 20 heavy (non-hydrogen) atoms. The van der Waals surface area contributed by atoms with Crippen LogP contribution in [0.3, 0.4) is 0 Å². The highest BCUT2D eigenvalue weighted by molar-refractivity contribution is 7.89. The van der Waals surface area contributed by atoms with Gasteiger partial charge in [0.05, 0.1) is 17.6 Å². The molecule has 0 bridgehead atoms. The van der Waals surface area contributed by atoms with E-state index >= 15 is 0 Å². The highest BCUT2D eigenvalue weighted by atomic mass is 32.2. The van der Waals surface area contributed by atoms with Crippen molar-refractivity contribution >= 4 is 10.0 Å². The summed E-state index contributed by atoms with van der Waals surface area (Å²) < 4.78 is 31.8. The third-order valence-corrected chi connectivity index (χ3v) is 5.91. The zero-order valence-electron chi connectivity index (χ0n) is 11.4. The molecule has 1 aliphatic carbocycles. The maximum absolute atomic E-state index is 12.5. The molecule has 1 saturated carbocycles. The van der Waals surface area contributed by atoms with Gasteiger partial charge in [-0.15, -0.1) is 0 Å². The zero-order chi connectivity index (χ0) is 14.3. The molecule has 1 fully saturated rings. The van der Waals surface area contributed by atoms with Gasteiger partial charge in [0.15, 0.2) is 0 Å². The standard InChI is InChI=1S/C14H19NO4S/c1-15(9-10-6-12(16)7-10)20(17,18)13-2-3-14-11(8-13)4-5-19-14/h2-3,8,10,12,16H,4-7,9H2,1H3. The molecule has 110 valence electrons. The molecule has 0 saturated heterocycles. The van der Waals surface area contributed by atoms with Crippen LogP contribution in [0.1, 0.15) is 18.4 Å². The molecular formula is C14H19NO4S. The summed E-state index contributed by atoms with van der Waals surface area (Å²) in [5.41, 5.74) is 0.957. The number of ether oxygens (including phenoxy) is 1. The van der Waals surface area contributed by atoms with Crippen LogP contribution in [-0.2, 0) is 16.4 Å². The maximum atomic E-state index is 12.5. The van der Waals surface area contributed by atoms with E-state index in [4.69, 9.17) is 4.74 Å². The van der Waals surface area contributed by atoms with Crippen molar-refractivity contribution in [3.8, 4) is 5.75 Å². The van der Waals surface area contributed by atoms with Crippen LogP contribution in [0.15, 0.2) is 23.1 Å². The van der Waals surface area contributed by atoms with Gasteiger partial charge in [0.1, 0.15) is 5.75 Å². The first kappa shape index (κ1) is 13.9. The molecule has 1 N–H and O–H groups in total. The van der Waals surface area contributed by atoms with E-state index in [9.17, 15) is 13.5 Å². The Morgan fingerprint density at radius 3 is 2.85 bits per heavy atom. The summed E-state index contributed by atoms with van der Waals surface area (Å²) in [5, 5.41) is 9.27. The van der Waals surface area contributed by atoms with Gasteiger partial charge >= 0.3 is 0 Å². The molecule has 3 rings (SSSR count). The first-order valence-corrected chi connectivity index (χ1v) is 8.31. The molecule has 0 spiro atoms. The van der Waals surface area contributed by atoms with Crippen LogP contribution in [-0.4, -0.2) is 44.1 Å². The second kappa shape index (κ2) is 5.02. The van der Waals surface area contributed by atoms with Gasteiger partial charge < -0.3 is 9.84 Å². The van der Waals surface area contributed by atoms with E-state index in [0.29, 0.717) is 30.9 Å². The predicted molar refractivity (Wildman–Crippen MR) is 74.2 cm³/mol. The summed E-state index contributed by atoms with van der Waals surface area (Å²) in [6, 6.07) is 5.05. The Bertz CT molecular complexity index is 608. The van der Waals surface area contributed by atoms with Crippen LogP contribution in [0.4, 0.5) is 0 Å². The number of rotatable bonds is 4. The Kier molecular flexibility index (Phi) is 3.48. The maximum Gasteiger partial charge on any atom is 0.242 e. The van der Waals surface area contributed by atoms with Crippen molar-refractivity contribution in [3.63, 3.8) is 0 Å². The minimum Gasteiger partial charge on any atom is -0.493 e. The highest BCUT2D eigenvalue weighted by Gasteiger charge is 2.32. The summed E-state index contributed by atoms with van der Waals surface area (Å²) in [5.74, 6) is 1.05. The summed E-state index contributed by atoms with van der Waals surface area (Å²) >= 11 is 0. The van der Waals surface area contributed by atoms with E-state index in [1.807, 2.05) is 0 Å². The fraction of sp³-hybridized carbons (Fsp3) is 0.571. The van der Waals surface area contributed by atoms with Crippen LogP contribution >= 0.6 is 0 Å². The molecular weight excluding hydrogens is 278 g/mol. The number of sulfonamides is 1. The lowest BCUT2D eigenvalue weighted by atomic mass is 9.82. The van der Waals surface area contributed by atoms with E-state index in [2.05, 4.69) is 0 Å². The SMILES string of the molecule is CN(CC1CC(O)C1)S(=O)(=O)c1ccc2c(c1)CCO2. The van der Waals surface area contributed by atoms with Gasteiger partial charge in [-0.05, 0) is 42.5 Å². The highest BCUT2D eigenvalue weighted by Crippen LogP contribution is 2.31. The van der Waals surface area contributed by atoms with Crippen molar-refractivity contribution in [2.45, 2.75) is 30.3 Å². The Labute approximate surface area is 119 Å². The molecule has 0 unspecified atom stereocenters. The summed E-state index contributed by atoms with van der Waals surface area (Å²) in [6.45, 7) is 1.08. The van der Waals surface area contributed by atoms with Gasteiger partial charge in [-0.2, -0.15) is 0 Å². The van der Waals surface area contributed by atoms with E-state index < -0.39 is 10.0 Å². The van der Waals surface area contributed by atoms with Crippen LogP contribution in [0, 0.1) is 5.92 Å². The van der Waals surface area contributed by atoms with Crippen LogP contribution in [0.2, 0.25) is 0 Å². The number of hydrogen-bond acceptors (Lipinski definition) is 4. The third kappa shape index (κ3) is 2.43. The van der Waals surface area contributed by atoms with Gasteiger partial charge in [0.25, 0.3) is 0 Å². The normalized spacial score (nSPS) is 25.1. The Morgan fingerprint density at radius 1 is 1.40 bits per heavy atom. The number of aliphatic hydroxyl groups excluding tert-OH is 1. The average Bonchev–Trinajstić information content (AvgIpc) is 2.83. The summed E-state index contributed by atoms with van der Waals surface area (Å²) in [7, 11) is -1.85. The molecule has 1 aromatic carbocycles. The van der Waals surface area contributed by atoms with Crippen molar-refractivity contribution in [2.75, 3.05) is 20.2 Å². The van der Waals surface area contributed by atoms with Gasteiger partial charge in [0, 0.05) is 20.0 Å². The second-order valence-corrected chi connectivity index (χ2v) is 7.69. The lowest BCUT2D eigenvalue weighted by Crippen LogP contribution is -2.39. The van der Waals surface area contributed by atoms with Gasteiger partial charge in [-0.25, -0.2) is 12.7 Å². The van der Waals surface area contributed by atoms with Crippen LogP contribution < -0.4 is 4.74 Å². The van der Waals surface area contributed by atoms with Crippen molar-refractivity contribution in [2.24, 2.45) is 5.92 Å². The number of nitrogens with zero attached hydrogens (tertiary/aromatic N) is 1. The number of benzene rings is 1. The zero-order valence-corrected chi connectivity index (χ0v) is 12.3. The Balaban J connectivity index is 1.77. The minimum absolute atomic E-state index is 0.256. The topological polar surface area (TPSA) is 66.8 Å². The summed E-state index contributed by atoms with van der Waals surface area (Å²) in [4.78, 5) is 0.323. The van der Waals surface area contributed by atoms with E-state index in [-0.39, 0.29) is 12.0 Å². The fourth-order valence-corrected chi connectivity index (χ4v) is 4.11. The molecule has 0 amide bonds. The van der Waals surface area contributed by atoms with E-state index in [1.54, 1.807) is 25.2 Å². The smallest absolute Gasteiger partial charge is 0.242 e. The van der Waals surface area contributed by atoms with E-state index in [1.165, 1.54) is 4.31 Å². The van der Waals surface area contributed by atoms with Crippen LogP contribution in [0.25, 0.3) is 0 Å². The van der Waals surface area contributed by atoms with Crippen molar-refractivity contribution in [1.82, 2.24) is 4.31 Å². The number of aliphatic hydroxyl groups is 1. The number of hydrogen-bond donors (Lipinski definition) is 1. The molecule has 5 nitrogen and oxygen atoms in total. The molecule has 0 atom stereocenters. The lowest BCUT2D eigenvalue weighted by molar-refractivity contribution is 0.0367. The lowest BCUT2D eigenvalue weighted by Gasteiger charge is -2.34. The molecule has 0 aromatic heterocycles. The monoisotopic (exact) mass is 297 g/mol. The second-order valence-electron chi connectivity index (χ2n) is 5.64. The third-order valence-electron chi connectivity index (χ3n) is 4.10. The molecule has 0 radical (unpaired) electrons. The van der Waals surface area contributed by atoms with Crippen LogP contribution in [0.5, 0.6) is 5.75 Å². The predicted octanol–water partition coefficient (Wildman–Crippen LogP) is 1.01. The molecule has 1 aliphatic heterocycles. The molecule has 1 heterocycles. The molecule has 2 aliphatic rings. The largest absolute Gasteiger partial charge is 0.493 e. The summed E-state index contributed by atoms with van der Waals surface area (Å²) in [6.07, 6.45) is 1.89. The van der Waals surface area contributed by atoms with Crippen molar-refractivity contribution in [3.05, 3.63) is 23.8 Å². The molecule has 6 heteroatoms. The van der Waals surface area contributed by atoms with Crippen molar-refractivity contribution in [1.29, 1.82) is 0 Å². The Morgan fingerprint density at radius 2 is 2.15 bits per heavy atom. The van der Waals surface area contributed by atoms with Crippen molar-refractivity contribution < 1.29 is 18.3 Å². The van der Waals surface area contributed by atoms with Gasteiger partial charge in [0.2, 0.25) is 10.0 Å². The van der Waals surface area contributed by atoms with Gasteiger partial charge in [-0.3, -0.25) is 0 Å². The number of fused-ring (bicyclic) bond motifs is 1. The quantitative estimate of drug-likeness (QED) is 0.901.